The molecule has 2 aromatic carbocycles. The van der Waals surface area contributed by atoms with E-state index in [0.717, 1.165) is 117 Å². The van der Waals surface area contributed by atoms with Crippen LogP contribution in [0.25, 0.3) is 18.2 Å². The lowest BCUT2D eigenvalue weighted by Crippen LogP contribution is -2.45. The summed E-state index contributed by atoms with van der Waals surface area (Å²) in [7, 11) is 3.30. The highest BCUT2D eigenvalue weighted by molar-refractivity contribution is 8.76. The monoisotopic (exact) mass is 915 g/mol. The zero-order valence-corrected chi connectivity index (χ0v) is 39.1. The first-order valence-corrected chi connectivity index (χ1v) is 25.0. The van der Waals surface area contributed by atoms with E-state index in [1.54, 1.807) is 33.7 Å². The van der Waals surface area contributed by atoms with Crippen molar-refractivity contribution in [2.75, 3.05) is 93.5 Å². The molecule has 0 saturated heterocycles. The summed E-state index contributed by atoms with van der Waals surface area (Å²) in [6.07, 6.45) is 21.7. The Kier molecular flexibility index (Phi) is 29.1. The number of allylic oxidation sites excluding steroid dienone is 4. The van der Waals surface area contributed by atoms with Crippen molar-refractivity contribution < 1.29 is 34.6 Å². The quantitative estimate of drug-likeness (QED) is 0.0129. The molecule has 12 nitrogen and oxygen atoms in total. The number of aliphatic hydroxyl groups excluding tert-OH is 4. The van der Waals surface area contributed by atoms with Crippen molar-refractivity contribution in [1.29, 1.82) is 0 Å². The van der Waals surface area contributed by atoms with Crippen LogP contribution in [-0.2, 0) is 16.1 Å². The lowest BCUT2D eigenvalue weighted by molar-refractivity contribution is -0.686. The second kappa shape index (κ2) is 34.7. The molecule has 0 saturated carbocycles. The number of unbranched alkanes of at least 4 members (excludes halogenated alkanes) is 4. The van der Waals surface area contributed by atoms with E-state index in [9.17, 15) is 30.0 Å². The van der Waals surface area contributed by atoms with Crippen LogP contribution < -0.4 is 25.0 Å². The van der Waals surface area contributed by atoms with Gasteiger partial charge in [0, 0.05) is 107 Å². The van der Waals surface area contributed by atoms with Crippen molar-refractivity contribution in [1.82, 2.24) is 10.6 Å². The van der Waals surface area contributed by atoms with Crippen LogP contribution in [0.15, 0.2) is 109 Å². The maximum atomic E-state index is 12.8. The summed E-state index contributed by atoms with van der Waals surface area (Å²) < 4.78 is 1.92. The van der Waals surface area contributed by atoms with Gasteiger partial charge in [-0.15, -0.1) is 0 Å². The number of aromatic nitrogens is 1. The van der Waals surface area contributed by atoms with Crippen LogP contribution in [0.2, 0.25) is 0 Å². The second-order valence-corrected chi connectivity index (χ2v) is 17.7. The van der Waals surface area contributed by atoms with E-state index in [1.165, 1.54) is 0 Å². The predicted octanol–water partition coefficient (Wildman–Crippen LogP) is 6.36. The van der Waals surface area contributed by atoms with Crippen LogP contribution >= 0.6 is 21.6 Å². The lowest BCUT2D eigenvalue weighted by atomic mass is 10.1. The molecule has 0 radical (unpaired) electrons. The molecular formula is C50H71N6O6S2+. The number of rotatable bonds is 35. The highest BCUT2D eigenvalue weighted by Gasteiger charge is 2.13. The molecule has 64 heavy (non-hydrogen) atoms. The number of carbonyl (C=O) groups is 2. The third-order valence-electron chi connectivity index (χ3n) is 9.95. The van der Waals surface area contributed by atoms with Gasteiger partial charge in [-0.3, -0.25) is 14.6 Å². The Hall–Kier alpha value is -4.70. The molecule has 14 heteroatoms. The third kappa shape index (κ3) is 23.3. The summed E-state index contributed by atoms with van der Waals surface area (Å²) in [4.78, 5) is 34.5. The number of hydrogen-bond donors (Lipinski definition) is 6. The van der Waals surface area contributed by atoms with E-state index in [0.29, 0.717) is 18.8 Å². The summed E-state index contributed by atoms with van der Waals surface area (Å²) in [6, 6.07) is 22.5. The minimum Gasteiger partial charge on any atom is -0.396 e. The first-order valence-electron chi connectivity index (χ1n) is 22.5. The van der Waals surface area contributed by atoms with E-state index in [4.69, 9.17) is 0 Å². The summed E-state index contributed by atoms with van der Waals surface area (Å²) in [5.74, 6) is 1.23. The average molecular weight is 916 g/mol. The number of benzene rings is 2. The standard InChI is InChI=1S/C50H70N6O6S2/c1-2-3-14-45(22-16-43-18-24-47(25-19-43)54(30-6-10-35-57)31-7-11-36-58)53-41-49(61)51-28-39-63-64-40-29-52-50(62)42-56-34-5-4-15-46(56)23-17-44-20-26-48(27-21-44)55(32-8-12-37-59)33-9-13-38-60/h2-5,14-27,34,57-60H,1,6-13,28-33,35-42H2,(H-,51,52,61,62)/p+1/b14-3-,22-16+,53-45?. The Labute approximate surface area is 389 Å². The van der Waals surface area contributed by atoms with Gasteiger partial charge in [0.2, 0.25) is 18.1 Å². The van der Waals surface area contributed by atoms with E-state index >= 15 is 0 Å². The van der Waals surface area contributed by atoms with Gasteiger partial charge in [0.1, 0.15) is 6.54 Å². The number of pyridine rings is 1. The number of hydrogen-bond acceptors (Lipinski definition) is 11. The minimum atomic E-state index is -0.160. The van der Waals surface area contributed by atoms with Crippen LogP contribution in [0.1, 0.15) is 68.2 Å². The van der Waals surface area contributed by atoms with E-state index in [1.807, 2.05) is 71.5 Å². The molecule has 0 bridgehead atoms. The Morgan fingerprint density at radius 3 is 1.62 bits per heavy atom. The zero-order valence-electron chi connectivity index (χ0n) is 37.4. The SMILES string of the molecule is C=C/C=C\C(/C=C/c1ccc(N(CCCCO)CCCCO)cc1)=NCC(=O)NCCSSCCNC(=O)C[n+]1ccccc1/C=C/c1ccc(N(CCCCO)CCCCO)cc1. The van der Waals surface area contributed by atoms with Crippen LogP contribution in [0.5, 0.6) is 0 Å². The summed E-state index contributed by atoms with van der Waals surface area (Å²) in [6.45, 7) is 9.16. The van der Waals surface area contributed by atoms with E-state index in [2.05, 4.69) is 68.4 Å². The largest absolute Gasteiger partial charge is 0.396 e. The molecule has 0 unspecified atom stereocenters. The van der Waals surface area contributed by atoms with Gasteiger partial charge >= 0.3 is 0 Å². The van der Waals surface area contributed by atoms with Gasteiger partial charge in [-0.2, -0.15) is 4.57 Å². The molecule has 1 heterocycles. The molecule has 0 fully saturated rings. The molecule has 3 aromatic rings. The Balaban J connectivity index is 1.37. The first-order chi connectivity index (χ1) is 31.4. The van der Waals surface area contributed by atoms with E-state index < -0.39 is 0 Å². The second-order valence-electron chi connectivity index (χ2n) is 15.0. The fourth-order valence-electron chi connectivity index (χ4n) is 6.48. The first kappa shape index (κ1) is 53.6. The predicted molar refractivity (Wildman–Crippen MR) is 270 cm³/mol. The molecule has 0 aliphatic carbocycles. The van der Waals surface area contributed by atoms with Crippen LogP contribution in [0, 0.1) is 0 Å². The number of nitrogens with one attached hydrogen (secondary N) is 2. The number of aliphatic hydroxyl groups is 4. The molecule has 0 atom stereocenters. The number of aliphatic imine (C=N–C) groups is 1. The fraction of sp³-hybridized carbons (Fsp3) is 0.440. The normalized spacial score (nSPS) is 11.8. The van der Waals surface area contributed by atoms with Crippen molar-refractivity contribution in [3.8, 4) is 0 Å². The van der Waals surface area contributed by atoms with Crippen molar-refractivity contribution in [2.24, 2.45) is 4.99 Å². The van der Waals surface area contributed by atoms with Crippen molar-refractivity contribution >= 4 is 68.7 Å². The van der Waals surface area contributed by atoms with Gasteiger partial charge in [0.05, 0.1) is 5.71 Å². The van der Waals surface area contributed by atoms with Gasteiger partial charge in [-0.1, -0.05) is 70.7 Å². The molecular weight excluding hydrogens is 845 g/mol. The van der Waals surface area contributed by atoms with Crippen LogP contribution in [-0.4, -0.2) is 122 Å². The van der Waals surface area contributed by atoms with Gasteiger partial charge in [-0.05, 0) is 111 Å². The molecule has 1 aromatic heterocycles. The highest BCUT2D eigenvalue weighted by atomic mass is 33.1. The van der Waals surface area contributed by atoms with Gasteiger partial charge in [0.15, 0.2) is 6.20 Å². The zero-order chi connectivity index (χ0) is 45.9. The number of anilines is 2. The Morgan fingerprint density at radius 1 is 0.625 bits per heavy atom. The van der Waals surface area contributed by atoms with Crippen LogP contribution in [0.4, 0.5) is 11.4 Å². The Bertz CT molecular complexity index is 1850. The van der Waals surface area contributed by atoms with Gasteiger partial charge in [0.25, 0.3) is 5.91 Å². The Morgan fingerprint density at radius 2 is 1.12 bits per heavy atom. The average Bonchev–Trinajstić information content (AvgIpc) is 3.31. The summed E-state index contributed by atoms with van der Waals surface area (Å²) in [5, 5.41) is 42.8. The van der Waals surface area contributed by atoms with Crippen LogP contribution in [0.3, 0.4) is 0 Å². The smallest absolute Gasteiger partial charge is 0.286 e. The molecule has 6 N–H and O–H groups in total. The highest BCUT2D eigenvalue weighted by Crippen LogP contribution is 2.21. The van der Waals surface area contributed by atoms with Crippen molar-refractivity contribution in [2.45, 2.75) is 57.9 Å². The minimum absolute atomic E-state index is 0.00401. The number of nitrogens with zero attached hydrogens (tertiary/aromatic N) is 4. The topological polar surface area (TPSA) is 162 Å². The van der Waals surface area contributed by atoms with Gasteiger partial charge < -0.3 is 40.9 Å². The summed E-state index contributed by atoms with van der Waals surface area (Å²) >= 11 is 0. The lowest BCUT2D eigenvalue weighted by Gasteiger charge is -2.25. The third-order valence-corrected chi connectivity index (χ3v) is 12.4. The molecule has 0 aliphatic rings. The van der Waals surface area contributed by atoms with Crippen molar-refractivity contribution in [3.05, 3.63) is 121 Å². The van der Waals surface area contributed by atoms with E-state index in [-0.39, 0.29) is 51.3 Å². The number of carbonyl (C=O) groups excluding carboxylic acids is 2. The summed E-state index contributed by atoms with van der Waals surface area (Å²) in [5.41, 5.74) is 5.84. The maximum absolute atomic E-state index is 12.8. The molecule has 2 amide bonds. The van der Waals surface area contributed by atoms with Crippen molar-refractivity contribution in [3.63, 3.8) is 0 Å². The van der Waals surface area contributed by atoms with Gasteiger partial charge in [-0.25, -0.2) is 0 Å². The maximum Gasteiger partial charge on any atom is 0.286 e. The molecule has 0 aliphatic heterocycles. The molecule has 348 valence electrons. The fourth-order valence-corrected chi connectivity index (χ4v) is 8.29. The molecule has 0 spiro atoms. The molecule has 3 rings (SSSR count). The number of amides is 2.